The van der Waals surface area contributed by atoms with Gasteiger partial charge in [-0.2, -0.15) is 0 Å². The van der Waals surface area contributed by atoms with Gasteiger partial charge in [-0.05, 0) is 54.8 Å². The molecule has 0 aliphatic heterocycles. The average Bonchev–Trinajstić information content (AvgIpc) is 2.59. The molecule has 26 heavy (non-hydrogen) atoms. The number of rotatable bonds is 5. The van der Waals surface area contributed by atoms with Crippen LogP contribution in [0.1, 0.15) is 25.0 Å². The fourth-order valence-corrected chi connectivity index (χ4v) is 3.72. The fraction of sp³-hybridized carbons (Fsp3) is 0.238. The summed E-state index contributed by atoms with van der Waals surface area (Å²) in [5, 5.41) is 0.667. The maximum atomic E-state index is 12.9. The van der Waals surface area contributed by atoms with Gasteiger partial charge in [0, 0.05) is 17.6 Å². The van der Waals surface area contributed by atoms with Crippen LogP contribution in [0.2, 0.25) is 5.02 Å². The van der Waals surface area contributed by atoms with E-state index in [2.05, 4.69) is 12.0 Å². The molecule has 0 unspecified atom stereocenters. The monoisotopic (exact) mass is 387 g/mol. The number of nitrogens with zero attached hydrogens (tertiary/aromatic N) is 1. The van der Waals surface area contributed by atoms with E-state index in [1.807, 2.05) is 39.0 Å². The molecule has 0 amide bonds. The second kappa shape index (κ2) is 8.93. The number of benzene rings is 2. The van der Waals surface area contributed by atoms with E-state index >= 15 is 0 Å². The molecule has 0 aromatic heterocycles. The highest BCUT2D eigenvalue weighted by Gasteiger charge is 2.22. The maximum absolute atomic E-state index is 12.9. The molecule has 2 rings (SSSR count). The normalized spacial score (nSPS) is 11.4. The standard InChI is InChI=1S/C21H22ClNO2S/c1-17(2)16-23(26(24,25)21-13-7-18(3)8-14-21)15-5-4-6-19-9-11-20(22)12-10-19/h4,6-14,17H,16H2,1-3H3. The Morgan fingerprint density at radius 3 is 2.27 bits per heavy atom. The Morgan fingerprint density at radius 2 is 1.69 bits per heavy atom. The van der Waals surface area contributed by atoms with E-state index in [0.717, 1.165) is 11.1 Å². The summed E-state index contributed by atoms with van der Waals surface area (Å²) in [5.41, 5.74) is 1.96. The number of halogens is 1. The summed E-state index contributed by atoms with van der Waals surface area (Å²) in [6.45, 7) is 6.17. The van der Waals surface area contributed by atoms with Crippen molar-refractivity contribution in [2.24, 2.45) is 5.92 Å². The molecule has 0 atom stereocenters. The number of aryl methyl sites for hydroxylation is 1. The largest absolute Gasteiger partial charge is 0.270 e. The first kappa shape index (κ1) is 20.1. The van der Waals surface area contributed by atoms with Crippen LogP contribution < -0.4 is 0 Å². The van der Waals surface area contributed by atoms with Gasteiger partial charge in [0.2, 0.25) is 0 Å². The lowest BCUT2D eigenvalue weighted by Crippen LogP contribution is -2.30. The molecule has 0 aliphatic carbocycles. The van der Waals surface area contributed by atoms with E-state index in [9.17, 15) is 8.42 Å². The van der Waals surface area contributed by atoms with Crippen molar-refractivity contribution in [1.29, 1.82) is 0 Å². The van der Waals surface area contributed by atoms with Gasteiger partial charge in [0.25, 0.3) is 10.0 Å². The van der Waals surface area contributed by atoms with Crippen molar-refractivity contribution in [3.63, 3.8) is 0 Å². The lowest BCUT2D eigenvalue weighted by Gasteiger charge is -2.19. The minimum absolute atomic E-state index is 0.157. The number of hydrogen-bond donors (Lipinski definition) is 0. The van der Waals surface area contributed by atoms with Crippen LogP contribution in [0.4, 0.5) is 0 Å². The van der Waals surface area contributed by atoms with Crippen LogP contribution in [0, 0.1) is 24.8 Å². The molecule has 0 aliphatic rings. The molecule has 5 heteroatoms. The molecule has 2 aromatic rings. The molecule has 3 nitrogen and oxygen atoms in total. The van der Waals surface area contributed by atoms with E-state index in [4.69, 9.17) is 11.6 Å². The van der Waals surface area contributed by atoms with Gasteiger partial charge in [0.1, 0.15) is 0 Å². The van der Waals surface area contributed by atoms with Gasteiger partial charge in [-0.1, -0.05) is 61.2 Å². The molecule has 0 heterocycles. The third-order valence-corrected chi connectivity index (χ3v) is 5.50. The van der Waals surface area contributed by atoms with E-state index in [-0.39, 0.29) is 10.8 Å². The Kier molecular flexibility index (Phi) is 6.90. The van der Waals surface area contributed by atoms with Gasteiger partial charge >= 0.3 is 0 Å². The zero-order valence-corrected chi connectivity index (χ0v) is 16.7. The van der Waals surface area contributed by atoms with Gasteiger partial charge in [0.15, 0.2) is 0 Å². The molecular weight excluding hydrogens is 366 g/mol. The van der Waals surface area contributed by atoms with Gasteiger partial charge in [0.05, 0.1) is 4.90 Å². The van der Waals surface area contributed by atoms with Gasteiger partial charge in [-0.15, -0.1) is 0 Å². The van der Waals surface area contributed by atoms with E-state index < -0.39 is 10.0 Å². The zero-order chi connectivity index (χ0) is 19.2. The van der Waals surface area contributed by atoms with Gasteiger partial charge < -0.3 is 0 Å². The predicted molar refractivity (Wildman–Crippen MR) is 108 cm³/mol. The Bertz CT molecular complexity index is 919. The molecule has 0 spiro atoms. The molecule has 0 saturated heterocycles. The van der Waals surface area contributed by atoms with Crippen molar-refractivity contribution < 1.29 is 8.42 Å². The van der Waals surface area contributed by atoms with Crippen LogP contribution in [0.15, 0.2) is 59.5 Å². The van der Waals surface area contributed by atoms with E-state index in [1.165, 1.54) is 4.31 Å². The number of sulfonamides is 1. The maximum Gasteiger partial charge on any atom is 0.270 e. The predicted octanol–water partition coefficient (Wildman–Crippen LogP) is 4.97. The minimum Gasteiger partial charge on any atom is -0.224 e. The number of allylic oxidation sites excluding steroid dienone is 1. The first-order chi connectivity index (χ1) is 12.3. The summed E-state index contributed by atoms with van der Waals surface area (Å²) in [7, 11) is -3.66. The summed E-state index contributed by atoms with van der Waals surface area (Å²) in [6, 6.07) is 16.9. The highest BCUT2D eigenvalue weighted by atomic mass is 35.5. The molecule has 0 radical (unpaired) electrons. The highest BCUT2D eigenvalue weighted by Crippen LogP contribution is 2.17. The first-order valence-electron chi connectivity index (χ1n) is 8.32. The highest BCUT2D eigenvalue weighted by molar-refractivity contribution is 7.89. The smallest absolute Gasteiger partial charge is 0.224 e. The summed E-state index contributed by atoms with van der Waals surface area (Å²) in [5.74, 6) is 2.98. The zero-order valence-electron chi connectivity index (χ0n) is 15.1. The van der Waals surface area contributed by atoms with E-state index in [0.29, 0.717) is 11.6 Å². The van der Waals surface area contributed by atoms with Crippen LogP contribution in [0.25, 0.3) is 6.08 Å². The SMILES string of the molecule is Cc1ccc(S(=O)(=O)N(C#CC=Cc2ccc(Cl)cc2)CC(C)C)cc1. The summed E-state index contributed by atoms with van der Waals surface area (Å²) >= 11 is 5.86. The Hall–Kier alpha value is -2.22. The fourth-order valence-electron chi connectivity index (χ4n) is 2.19. The van der Waals surface area contributed by atoms with Gasteiger partial charge in [-0.25, -0.2) is 12.7 Å². The van der Waals surface area contributed by atoms with Crippen LogP contribution in [-0.2, 0) is 10.0 Å². The topological polar surface area (TPSA) is 37.4 Å². The number of hydrogen-bond acceptors (Lipinski definition) is 2. The van der Waals surface area contributed by atoms with Crippen molar-refractivity contribution in [2.75, 3.05) is 6.54 Å². The lowest BCUT2D eigenvalue weighted by molar-refractivity contribution is 0.457. The van der Waals surface area contributed by atoms with Crippen LogP contribution >= 0.6 is 11.6 Å². The van der Waals surface area contributed by atoms with Crippen LogP contribution in [0.3, 0.4) is 0 Å². The third-order valence-electron chi connectivity index (χ3n) is 3.56. The van der Waals surface area contributed by atoms with E-state index in [1.54, 1.807) is 42.5 Å². The second-order valence-electron chi connectivity index (χ2n) is 6.38. The van der Waals surface area contributed by atoms with Crippen LogP contribution in [-0.4, -0.2) is 19.3 Å². The first-order valence-corrected chi connectivity index (χ1v) is 10.1. The van der Waals surface area contributed by atoms with Crippen LogP contribution in [0.5, 0.6) is 0 Å². The molecule has 0 fully saturated rings. The second-order valence-corrected chi connectivity index (χ2v) is 8.68. The summed E-state index contributed by atoms with van der Waals surface area (Å²) in [6.07, 6.45) is 3.45. The minimum atomic E-state index is -3.66. The van der Waals surface area contributed by atoms with Crippen molar-refractivity contribution >= 4 is 27.7 Å². The van der Waals surface area contributed by atoms with Crippen molar-refractivity contribution in [2.45, 2.75) is 25.7 Å². The Balaban J connectivity index is 2.25. The Labute approximate surface area is 161 Å². The summed E-state index contributed by atoms with van der Waals surface area (Å²) in [4.78, 5) is 0.250. The molecule has 0 saturated carbocycles. The molecular formula is C21H22ClNO2S. The lowest BCUT2D eigenvalue weighted by atomic mass is 10.2. The third kappa shape index (κ3) is 5.66. The van der Waals surface area contributed by atoms with Gasteiger partial charge in [-0.3, -0.25) is 0 Å². The molecule has 136 valence electrons. The summed E-state index contributed by atoms with van der Waals surface area (Å²) < 4.78 is 26.9. The molecule has 0 bridgehead atoms. The molecule has 0 N–H and O–H groups in total. The average molecular weight is 388 g/mol. The van der Waals surface area contributed by atoms with Crippen molar-refractivity contribution in [3.05, 3.63) is 70.8 Å². The molecule has 2 aromatic carbocycles. The van der Waals surface area contributed by atoms with Crippen molar-refractivity contribution in [3.8, 4) is 12.0 Å². The van der Waals surface area contributed by atoms with Crippen molar-refractivity contribution in [1.82, 2.24) is 4.31 Å². The Morgan fingerprint density at radius 1 is 1.08 bits per heavy atom. The quantitative estimate of drug-likeness (QED) is 0.536.